The Labute approximate surface area is 181 Å². The normalized spacial score (nSPS) is 12.0. The first-order chi connectivity index (χ1) is 14.6. The average molecular weight is 417 g/mol. The molecule has 0 aliphatic rings. The maximum absolute atomic E-state index is 12.5. The molecule has 1 atom stereocenters. The minimum Gasteiger partial charge on any atom is -0.489 e. The molecule has 0 fully saturated rings. The monoisotopic (exact) mass is 416 g/mol. The van der Waals surface area contributed by atoms with E-state index in [4.69, 9.17) is 16.3 Å². The Kier molecular flexibility index (Phi) is 7.26. The van der Waals surface area contributed by atoms with E-state index in [-0.39, 0.29) is 11.6 Å². The number of halogens is 1. The molecule has 1 N–H and O–H groups in total. The maximum atomic E-state index is 12.5. The van der Waals surface area contributed by atoms with Gasteiger partial charge in [-0.1, -0.05) is 72.3 Å². The Morgan fingerprint density at radius 1 is 1.07 bits per heavy atom. The Hall–Kier alpha value is -3.55. The van der Waals surface area contributed by atoms with E-state index in [2.05, 4.69) is 5.32 Å². The van der Waals surface area contributed by atoms with Crippen molar-refractivity contribution in [2.45, 2.75) is 19.6 Å². The van der Waals surface area contributed by atoms with Crippen LogP contribution in [0.2, 0.25) is 5.02 Å². The zero-order chi connectivity index (χ0) is 21.3. The van der Waals surface area contributed by atoms with Gasteiger partial charge in [-0.05, 0) is 42.3 Å². The van der Waals surface area contributed by atoms with Gasteiger partial charge in [-0.3, -0.25) is 4.79 Å². The molecular weight excluding hydrogens is 396 g/mol. The molecule has 3 aromatic rings. The van der Waals surface area contributed by atoms with E-state index < -0.39 is 5.91 Å². The smallest absolute Gasteiger partial charge is 0.262 e. The van der Waals surface area contributed by atoms with Gasteiger partial charge in [-0.2, -0.15) is 5.26 Å². The topological polar surface area (TPSA) is 62.1 Å². The van der Waals surface area contributed by atoms with Crippen molar-refractivity contribution in [1.29, 1.82) is 5.26 Å². The molecule has 0 aromatic heterocycles. The van der Waals surface area contributed by atoms with E-state index in [0.29, 0.717) is 17.4 Å². The van der Waals surface area contributed by atoms with E-state index in [1.807, 2.05) is 67.6 Å². The molecule has 0 heterocycles. The van der Waals surface area contributed by atoms with Crippen molar-refractivity contribution in [3.05, 3.63) is 106 Å². The number of carbonyl (C=O) groups is 1. The highest BCUT2D eigenvalue weighted by atomic mass is 35.5. The molecular formula is C25H21ClN2O2. The van der Waals surface area contributed by atoms with E-state index in [0.717, 1.165) is 16.7 Å². The van der Waals surface area contributed by atoms with Crippen LogP contribution in [0.5, 0.6) is 5.75 Å². The molecule has 3 rings (SSSR count). The van der Waals surface area contributed by atoms with Crippen molar-refractivity contribution >= 4 is 23.6 Å². The maximum Gasteiger partial charge on any atom is 0.262 e. The van der Waals surface area contributed by atoms with Crippen LogP contribution in [0, 0.1) is 11.3 Å². The Morgan fingerprint density at radius 3 is 2.40 bits per heavy atom. The lowest BCUT2D eigenvalue weighted by atomic mass is 10.1. The lowest BCUT2D eigenvalue weighted by molar-refractivity contribution is -0.117. The molecule has 0 bridgehead atoms. The molecule has 0 unspecified atom stereocenters. The van der Waals surface area contributed by atoms with Crippen molar-refractivity contribution < 1.29 is 9.53 Å². The third-order valence-corrected chi connectivity index (χ3v) is 4.92. The van der Waals surface area contributed by atoms with Gasteiger partial charge in [0.2, 0.25) is 0 Å². The Bertz CT molecular complexity index is 1070. The molecule has 0 radical (unpaired) electrons. The number of carbonyl (C=O) groups excluding carboxylic acids is 1. The van der Waals surface area contributed by atoms with E-state index in [9.17, 15) is 10.1 Å². The van der Waals surface area contributed by atoms with Crippen LogP contribution in [0.1, 0.15) is 29.7 Å². The molecule has 0 saturated carbocycles. The van der Waals surface area contributed by atoms with Crippen LogP contribution in [-0.4, -0.2) is 5.91 Å². The van der Waals surface area contributed by atoms with Gasteiger partial charge in [0.15, 0.2) is 0 Å². The Balaban J connectivity index is 1.63. The van der Waals surface area contributed by atoms with E-state index in [1.165, 1.54) is 0 Å². The van der Waals surface area contributed by atoms with Crippen LogP contribution in [0.25, 0.3) is 6.08 Å². The number of rotatable bonds is 7. The van der Waals surface area contributed by atoms with Gasteiger partial charge < -0.3 is 10.1 Å². The molecule has 0 aliphatic carbocycles. The molecule has 0 aliphatic heterocycles. The number of hydrogen-bond acceptors (Lipinski definition) is 3. The highest BCUT2D eigenvalue weighted by molar-refractivity contribution is 6.31. The first-order valence-corrected chi connectivity index (χ1v) is 9.88. The Morgan fingerprint density at radius 2 is 1.73 bits per heavy atom. The van der Waals surface area contributed by atoms with Gasteiger partial charge in [-0.15, -0.1) is 0 Å². The summed E-state index contributed by atoms with van der Waals surface area (Å²) in [6, 6.07) is 26.1. The van der Waals surface area contributed by atoms with Gasteiger partial charge in [0.05, 0.1) is 6.04 Å². The predicted molar refractivity (Wildman–Crippen MR) is 119 cm³/mol. The van der Waals surface area contributed by atoms with Crippen molar-refractivity contribution in [3.63, 3.8) is 0 Å². The van der Waals surface area contributed by atoms with Crippen molar-refractivity contribution in [2.24, 2.45) is 0 Å². The second-order valence-corrected chi connectivity index (χ2v) is 7.13. The second-order valence-electron chi connectivity index (χ2n) is 6.72. The molecule has 0 spiro atoms. The van der Waals surface area contributed by atoms with Crippen molar-refractivity contribution in [2.75, 3.05) is 0 Å². The number of amides is 1. The number of nitrogens with one attached hydrogen (secondary N) is 1. The van der Waals surface area contributed by atoms with E-state index >= 15 is 0 Å². The summed E-state index contributed by atoms with van der Waals surface area (Å²) in [7, 11) is 0. The molecule has 1 amide bonds. The van der Waals surface area contributed by atoms with Crippen LogP contribution in [0.4, 0.5) is 0 Å². The molecule has 150 valence electrons. The molecule has 0 saturated heterocycles. The largest absolute Gasteiger partial charge is 0.489 e. The van der Waals surface area contributed by atoms with Crippen LogP contribution >= 0.6 is 11.6 Å². The molecule has 4 nitrogen and oxygen atoms in total. The van der Waals surface area contributed by atoms with Crippen LogP contribution in [-0.2, 0) is 11.4 Å². The third kappa shape index (κ3) is 5.73. The summed E-state index contributed by atoms with van der Waals surface area (Å²) in [6.45, 7) is 2.24. The summed E-state index contributed by atoms with van der Waals surface area (Å²) in [4.78, 5) is 12.5. The fourth-order valence-corrected chi connectivity index (χ4v) is 3.04. The summed E-state index contributed by atoms with van der Waals surface area (Å²) in [5, 5.41) is 12.9. The summed E-state index contributed by atoms with van der Waals surface area (Å²) in [6.07, 6.45) is 1.56. The van der Waals surface area contributed by atoms with Gasteiger partial charge >= 0.3 is 0 Å². The molecule has 5 heteroatoms. The van der Waals surface area contributed by atoms with Crippen LogP contribution in [0.3, 0.4) is 0 Å². The number of nitrogens with zero attached hydrogens (tertiary/aromatic N) is 1. The van der Waals surface area contributed by atoms with Gasteiger partial charge in [0.25, 0.3) is 5.91 Å². The van der Waals surface area contributed by atoms with Crippen molar-refractivity contribution in [1.82, 2.24) is 5.32 Å². The summed E-state index contributed by atoms with van der Waals surface area (Å²) in [5.41, 5.74) is 2.66. The summed E-state index contributed by atoms with van der Waals surface area (Å²) < 4.78 is 5.76. The SMILES string of the molecule is C[C@@H](NC(=O)/C(C#N)=C/c1ccc(OCc2ccccc2Cl)cc1)c1ccccc1. The number of nitriles is 1. The van der Waals surface area contributed by atoms with Gasteiger partial charge in [0, 0.05) is 10.6 Å². The van der Waals surface area contributed by atoms with Crippen LogP contribution < -0.4 is 10.1 Å². The molecule has 3 aromatic carbocycles. The highest BCUT2D eigenvalue weighted by Gasteiger charge is 2.13. The quantitative estimate of drug-likeness (QED) is 0.396. The molecule has 30 heavy (non-hydrogen) atoms. The second kappa shape index (κ2) is 10.3. The predicted octanol–water partition coefficient (Wildman–Crippen LogP) is 5.70. The number of benzene rings is 3. The zero-order valence-electron chi connectivity index (χ0n) is 16.5. The van der Waals surface area contributed by atoms with Gasteiger partial charge in [-0.25, -0.2) is 0 Å². The lowest BCUT2D eigenvalue weighted by Crippen LogP contribution is -2.27. The standard InChI is InChI=1S/C25H21ClN2O2/c1-18(20-7-3-2-4-8-20)28-25(29)22(16-27)15-19-11-13-23(14-12-19)30-17-21-9-5-6-10-24(21)26/h2-15,18H,17H2,1H3,(H,28,29)/b22-15+/t18-/m1/s1. The van der Waals surface area contributed by atoms with Crippen molar-refractivity contribution in [3.8, 4) is 11.8 Å². The average Bonchev–Trinajstić information content (AvgIpc) is 2.78. The fourth-order valence-electron chi connectivity index (χ4n) is 2.85. The summed E-state index contributed by atoms with van der Waals surface area (Å²) >= 11 is 6.14. The van der Waals surface area contributed by atoms with Gasteiger partial charge in [0.1, 0.15) is 24.0 Å². The minimum absolute atomic E-state index is 0.0440. The fraction of sp³-hybridized carbons (Fsp3) is 0.120. The zero-order valence-corrected chi connectivity index (χ0v) is 17.3. The van der Waals surface area contributed by atoms with E-state index in [1.54, 1.807) is 30.3 Å². The van der Waals surface area contributed by atoms with Crippen LogP contribution in [0.15, 0.2) is 84.4 Å². The minimum atomic E-state index is -0.409. The summed E-state index contributed by atoms with van der Waals surface area (Å²) in [5.74, 6) is 0.264. The first-order valence-electron chi connectivity index (χ1n) is 9.50. The first kappa shape index (κ1) is 21.2. The lowest BCUT2D eigenvalue weighted by Gasteiger charge is -2.13. The highest BCUT2D eigenvalue weighted by Crippen LogP contribution is 2.20. The number of hydrogen-bond donors (Lipinski definition) is 1. The third-order valence-electron chi connectivity index (χ3n) is 4.56. The number of ether oxygens (including phenoxy) is 1.